The van der Waals surface area contributed by atoms with Crippen LogP contribution in [0.5, 0.6) is 0 Å². The fourth-order valence-electron chi connectivity index (χ4n) is 3.64. The third-order valence-electron chi connectivity index (χ3n) is 5.29. The number of amidine groups is 1. The van der Waals surface area contributed by atoms with Crippen molar-refractivity contribution >= 4 is 29.0 Å². The van der Waals surface area contributed by atoms with E-state index >= 15 is 0 Å². The maximum Gasteiger partial charge on any atom is 0.256 e. The summed E-state index contributed by atoms with van der Waals surface area (Å²) in [7, 11) is 0. The fraction of sp³-hybridized carbons (Fsp3) is 0.160. The minimum atomic E-state index is -0.847. The number of nitrogens with two attached hydrogens (primary N) is 1. The molecular formula is C25H24N4O3. The highest BCUT2D eigenvalue weighted by atomic mass is 16.5. The first-order valence-electron chi connectivity index (χ1n) is 10.3. The Morgan fingerprint density at radius 3 is 2.47 bits per heavy atom. The Balaban J connectivity index is 1.43. The average molecular weight is 428 g/mol. The van der Waals surface area contributed by atoms with E-state index in [2.05, 4.69) is 5.32 Å². The minimum Gasteiger partial charge on any atom is -0.384 e. The molecule has 32 heavy (non-hydrogen) atoms. The van der Waals surface area contributed by atoms with E-state index in [0.717, 1.165) is 16.8 Å². The summed E-state index contributed by atoms with van der Waals surface area (Å²) in [5.41, 5.74) is 9.45. The van der Waals surface area contributed by atoms with Crippen molar-refractivity contribution in [2.24, 2.45) is 5.73 Å². The van der Waals surface area contributed by atoms with Crippen molar-refractivity contribution in [1.82, 2.24) is 0 Å². The Kier molecular flexibility index (Phi) is 6.28. The summed E-state index contributed by atoms with van der Waals surface area (Å²) < 4.78 is 5.62. The number of hydrogen-bond acceptors (Lipinski definition) is 4. The lowest BCUT2D eigenvalue weighted by Gasteiger charge is -2.32. The van der Waals surface area contributed by atoms with Crippen molar-refractivity contribution in [2.75, 3.05) is 23.4 Å². The van der Waals surface area contributed by atoms with Gasteiger partial charge >= 0.3 is 0 Å². The number of ether oxygens (including phenoxy) is 1. The third-order valence-corrected chi connectivity index (χ3v) is 5.29. The first kappa shape index (κ1) is 21.3. The Hall–Kier alpha value is -3.97. The zero-order valence-electron chi connectivity index (χ0n) is 17.5. The van der Waals surface area contributed by atoms with Gasteiger partial charge in [-0.25, -0.2) is 0 Å². The van der Waals surface area contributed by atoms with E-state index < -0.39 is 6.10 Å². The van der Waals surface area contributed by atoms with Crippen LogP contribution >= 0.6 is 0 Å². The summed E-state index contributed by atoms with van der Waals surface area (Å²) in [5.74, 6) is -0.595. The van der Waals surface area contributed by atoms with E-state index in [1.807, 2.05) is 54.6 Å². The molecule has 2 amide bonds. The highest BCUT2D eigenvalue weighted by Crippen LogP contribution is 2.27. The van der Waals surface area contributed by atoms with E-state index in [1.54, 1.807) is 29.2 Å². The highest BCUT2D eigenvalue weighted by Gasteiger charge is 2.32. The first-order chi connectivity index (χ1) is 15.5. The van der Waals surface area contributed by atoms with Crippen LogP contribution in [0.25, 0.3) is 11.1 Å². The zero-order chi connectivity index (χ0) is 22.5. The number of carbonyl (C=O) groups is 2. The second-order valence-electron chi connectivity index (χ2n) is 7.51. The van der Waals surface area contributed by atoms with Crippen LogP contribution in [0.1, 0.15) is 12.0 Å². The molecule has 1 aliphatic rings. The summed E-state index contributed by atoms with van der Waals surface area (Å²) in [6.07, 6.45) is -0.928. The number of rotatable bonds is 6. The van der Waals surface area contributed by atoms with Crippen LogP contribution in [0, 0.1) is 5.41 Å². The maximum atomic E-state index is 13.1. The SMILES string of the molecule is N=C(N)c1ccc(NC(=O)CC2OCCN(c3cccc(-c4ccccc4)c3)C2=O)cc1. The van der Waals surface area contributed by atoms with E-state index in [-0.39, 0.29) is 24.1 Å². The second kappa shape index (κ2) is 9.45. The molecule has 4 rings (SSSR count). The summed E-state index contributed by atoms with van der Waals surface area (Å²) in [4.78, 5) is 27.2. The van der Waals surface area contributed by atoms with Gasteiger partial charge in [0.05, 0.1) is 13.0 Å². The number of hydrogen-bond donors (Lipinski definition) is 3. The van der Waals surface area contributed by atoms with Crippen LogP contribution < -0.4 is 16.0 Å². The van der Waals surface area contributed by atoms with Crippen LogP contribution in [-0.2, 0) is 14.3 Å². The normalized spacial score (nSPS) is 15.9. The summed E-state index contributed by atoms with van der Waals surface area (Å²) in [5, 5.41) is 10.2. The van der Waals surface area contributed by atoms with Crippen molar-refractivity contribution in [3.63, 3.8) is 0 Å². The van der Waals surface area contributed by atoms with Crippen LogP contribution in [-0.4, -0.2) is 36.9 Å². The molecule has 4 N–H and O–H groups in total. The maximum absolute atomic E-state index is 13.1. The standard InChI is InChI=1S/C25H24N4O3/c26-24(27)18-9-11-20(12-10-18)28-23(30)16-22-25(31)29(13-14-32-22)21-8-4-7-19(15-21)17-5-2-1-3-6-17/h1-12,15,22H,13-14,16H2,(H3,26,27)(H,28,30). The van der Waals surface area contributed by atoms with Gasteiger partial charge in [0, 0.05) is 23.5 Å². The third kappa shape index (κ3) is 4.84. The largest absolute Gasteiger partial charge is 0.384 e. The Labute approximate surface area is 186 Å². The molecule has 3 aromatic carbocycles. The van der Waals surface area contributed by atoms with Crippen molar-refractivity contribution in [2.45, 2.75) is 12.5 Å². The first-order valence-corrected chi connectivity index (χ1v) is 10.3. The number of morpholine rings is 1. The number of anilines is 2. The zero-order valence-corrected chi connectivity index (χ0v) is 17.5. The number of nitrogens with one attached hydrogen (secondary N) is 2. The van der Waals surface area contributed by atoms with Crippen molar-refractivity contribution in [1.29, 1.82) is 5.41 Å². The van der Waals surface area contributed by atoms with Gasteiger partial charge in [-0.2, -0.15) is 0 Å². The van der Waals surface area contributed by atoms with Gasteiger partial charge in [-0.1, -0.05) is 42.5 Å². The average Bonchev–Trinajstić information content (AvgIpc) is 2.81. The molecule has 0 saturated carbocycles. The van der Waals surface area contributed by atoms with E-state index in [4.69, 9.17) is 15.9 Å². The molecule has 1 atom stereocenters. The number of amides is 2. The molecule has 0 spiro atoms. The lowest BCUT2D eigenvalue weighted by molar-refractivity contribution is -0.137. The second-order valence-corrected chi connectivity index (χ2v) is 7.51. The molecular weight excluding hydrogens is 404 g/mol. The predicted octanol–water partition coefficient (Wildman–Crippen LogP) is 3.40. The Bertz CT molecular complexity index is 1130. The van der Waals surface area contributed by atoms with E-state index in [1.165, 1.54) is 0 Å². The summed E-state index contributed by atoms with van der Waals surface area (Å²) in [6, 6.07) is 24.4. The molecule has 0 radical (unpaired) electrons. The van der Waals surface area contributed by atoms with Gasteiger partial charge in [-0.05, 0) is 47.5 Å². The topological polar surface area (TPSA) is 109 Å². The molecule has 7 nitrogen and oxygen atoms in total. The summed E-state index contributed by atoms with van der Waals surface area (Å²) in [6.45, 7) is 0.786. The van der Waals surface area contributed by atoms with E-state index in [0.29, 0.717) is 24.4 Å². The molecule has 0 aliphatic carbocycles. The summed E-state index contributed by atoms with van der Waals surface area (Å²) >= 11 is 0. The minimum absolute atomic E-state index is 0.0412. The molecule has 1 saturated heterocycles. The number of nitrogens with zero attached hydrogens (tertiary/aromatic N) is 1. The Morgan fingerprint density at radius 2 is 1.75 bits per heavy atom. The number of carbonyl (C=O) groups excluding carboxylic acids is 2. The predicted molar refractivity (Wildman–Crippen MR) is 125 cm³/mol. The van der Waals surface area contributed by atoms with Crippen molar-refractivity contribution in [3.8, 4) is 11.1 Å². The molecule has 0 aromatic heterocycles. The molecule has 0 bridgehead atoms. The highest BCUT2D eigenvalue weighted by molar-refractivity contribution is 6.02. The van der Waals surface area contributed by atoms with Gasteiger partial charge in [0.1, 0.15) is 11.9 Å². The molecule has 1 unspecified atom stereocenters. The van der Waals surface area contributed by atoms with Crippen molar-refractivity contribution in [3.05, 3.63) is 84.4 Å². The lowest BCUT2D eigenvalue weighted by Crippen LogP contribution is -2.49. The van der Waals surface area contributed by atoms with Gasteiger partial charge in [-0.15, -0.1) is 0 Å². The van der Waals surface area contributed by atoms with Gasteiger partial charge in [0.15, 0.2) is 0 Å². The van der Waals surface area contributed by atoms with Crippen LogP contribution in [0.4, 0.5) is 11.4 Å². The molecule has 1 heterocycles. The van der Waals surface area contributed by atoms with Gasteiger partial charge in [0.2, 0.25) is 5.91 Å². The van der Waals surface area contributed by atoms with Crippen LogP contribution in [0.15, 0.2) is 78.9 Å². The van der Waals surface area contributed by atoms with Gasteiger partial charge < -0.3 is 20.7 Å². The monoisotopic (exact) mass is 428 g/mol. The molecule has 3 aromatic rings. The van der Waals surface area contributed by atoms with Crippen molar-refractivity contribution < 1.29 is 14.3 Å². The number of benzene rings is 3. The smallest absolute Gasteiger partial charge is 0.256 e. The van der Waals surface area contributed by atoms with E-state index in [9.17, 15) is 9.59 Å². The molecule has 1 aliphatic heterocycles. The van der Waals surface area contributed by atoms with Crippen LogP contribution in [0.3, 0.4) is 0 Å². The van der Waals surface area contributed by atoms with Gasteiger partial charge in [0.25, 0.3) is 5.91 Å². The lowest BCUT2D eigenvalue weighted by atomic mass is 10.0. The van der Waals surface area contributed by atoms with Crippen LogP contribution in [0.2, 0.25) is 0 Å². The number of nitrogen functional groups attached to an aromatic ring is 1. The molecule has 7 heteroatoms. The Morgan fingerprint density at radius 1 is 1.03 bits per heavy atom. The van der Waals surface area contributed by atoms with Gasteiger partial charge in [-0.3, -0.25) is 15.0 Å². The fourth-order valence-corrected chi connectivity index (χ4v) is 3.64. The molecule has 1 fully saturated rings. The molecule has 162 valence electrons. The quantitative estimate of drug-likeness (QED) is 0.413.